The first kappa shape index (κ1) is 16.7. The molecule has 0 saturated carbocycles. The van der Waals surface area contributed by atoms with Crippen LogP contribution in [0.1, 0.15) is 31.7 Å². The average Bonchev–Trinajstić information content (AvgIpc) is 2.95. The minimum Gasteiger partial charge on any atom is -0.484 e. The number of thioether (sulfide) groups is 1. The van der Waals surface area contributed by atoms with Gasteiger partial charge in [0.05, 0.1) is 0 Å². The zero-order valence-corrected chi connectivity index (χ0v) is 13.6. The second kappa shape index (κ2) is 7.05. The molecule has 1 fully saturated rings. The van der Waals surface area contributed by atoms with Crippen molar-refractivity contribution >= 4 is 23.6 Å². The number of ether oxygens (including phenoxy) is 1. The van der Waals surface area contributed by atoms with Gasteiger partial charge in [0.2, 0.25) is 0 Å². The molecule has 22 heavy (non-hydrogen) atoms. The summed E-state index contributed by atoms with van der Waals surface area (Å²) < 4.78 is 5.48. The topological polar surface area (TPSA) is 75.6 Å². The first-order valence-electron chi connectivity index (χ1n) is 7.28. The zero-order chi connectivity index (χ0) is 16.2. The number of rotatable bonds is 6. The van der Waals surface area contributed by atoms with Crippen molar-refractivity contribution in [3.8, 4) is 5.75 Å². The molecule has 0 spiro atoms. The fourth-order valence-corrected chi connectivity index (χ4v) is 3.63. The molecule has 0 aromatic heterocycles. The molecule has 1 aliphatic heterocycles. The number of carboxylic acids is 1. The molecule has 0 aliphatic carbocycles. The molecule has 0 radical (unpaired) electrons. The molecule has 6 heteroatoms. The highest BCUT2D eigenvalue weighted by Crippen LogP contribution is 2.28. The van der Waals surface area contributed by atoms with Gasteiger partial charge in [0.25, 0.3) is 5.91 Å². The number of carbonyl (C=O) groups is 2. The highest BCUT2D eigenvalue weighted by atomic mass is 32.2. The lowest BCUT2D eigenvalue weighted by atomic mass is 9.99. The van der Waals surface area contributed by atoms with Crippen LogP contribution in [0.4, 0.5) is 0 Å². The Kier molecular flexibility index (Phi) is 5.34. The van der Waals surface area contributed by atoms with Crippen LogP contribution in [0.2, 0.25) is 0 Å². The summed E-state index contributed by atoms with van der Waals surface area (Å²) in [4.78, 5) is 23.4. The molecule has 1 atom stereocenters. The van der Waals surface area contributed by atoms with Gasteiger partial charge in [0.15, 0.2) is 6.61 Å². The normalized spacial score (nSPS) is 20.9. The van der Waals surface area contributed by atoms with Crippen molar-refractivity contribution < 1.29 is 19.4 Å². The molecule has 1 aromatic carbocycles. The van der Waals surface area contributed by atoms with E-state index in [1.165, 1.54) is 11.8 Å². The minimum atomic E-state index is -1.15. The lowest BCUT2D eigenvalue weighted by Crippen LogP contribution is -2.55. The summed E-state index contributed by atoms with van der Waals surface area (Å²) in [6.45, 7) is 3.99. The van der Waals surface area contributed by atoms with Gasteiger partial charge >= 0.3 is 5.97 Å². The van der Waals surface area contributed by atoms with Gasteiger partial charge in [-0.1, -0.05) is 26.0 Å². The average molecular weight is 323 g/mol. The van der Waals surface area contributed by atoms with Crippen LogP contribution in [-0.2, 0) is 9.59 Å². The zero-order valence-electron chi connectivity index (χ0n) is 12.8. The van der Waals surface area contributed by atoms with Crippen molar-refractivity contribution in [3.05, 3.63) is 29.8 Å². The fourth-order valence-electron chi connectivity index (χ4n) is 2.30. The van der Waals surface area contributed by atoms with E-state index >= 15 is 0 Å². The number of carbonyl (C=O) groups excluding carboxylic acids is 1. The first-order chi connectivity index (χ1) is 10.4. The van der Waals surface area contributed by atoms with Gasteiger partial charge in [0.1, 0.15) is 11.3 Å². The lowest BCUT2D eigenvalue weighted by molar-refractivity contribution is -0.146. The van der Waals surface area contributed by atoms with Crippen molar-refractivity contribution in [3.63, 3.8) is 0 Å². The van der Waals surface area contributed by atoms with Crippen LogP contribution in [0.5, 0.6) is 5.75 Å². The highest BCUT2D eigenvalue weighted by Gasteiger charge is 2.43. The summed E-state index contributed by atoms with van der Waals surface area (Å²) in [5, 5.41) is 11.9. The second-order valence-corrected chi connectivity index (χ2v) is 6.86. The predicted octanol–water partition coefficient (Wildman–Crippen LogP) is 2.27. The van der Waals surface area contributed by atoms with Crippen LogP contribution in [0.15, 0.2) is 24.3 Å². The maximum atomic E-state index is 12.0. The Balaban J connectivity index is 1.92. The molecule has 120 valence electrons. The first-order valence-corrected chi connectivity index (χ1v) is 8.43. The van der Waals surface area contributed by atoms with E-state index in [0.717, 1.165) is 11.3 Å². The Bertz CT molecular complexity index is 553. The maximum Gasteiger partial charge on any atom is 0.330 e. The number of aliphatic carboxylic acids is 1. The predicted molar refractivity (Wildman–Crippen MR) is 86.5 cm³/mol. The molecule has 1 unspecified atom stereocenters. The molecule has 0 bridgehead atoms. The van der Waals surface area contributed by atoms with Crippen molar-refractivity contribution in [2.45, 2.75) is 31.7 Å². The Labute approximate surface area is 134 Å². The summed E-state index contributed by atoms with van der Waals surface area (Å²) in [5.74, 6) is 0.753. The van der Waals surface area contributed by atoms with Gasteiger partial charge in [-0.3, -0.25) is 4.79 Å². The third-order valence-electron chi connectivity index (χ3n) is 3.70. The molecule has 2 rings (SSSR count). The van der Waals surface area contributed by atoms with Crippen LogP contribution < -0.4 is 10.1 Å². The van der Waals surface area contributed by atoms with E-state index in [2.05, 4.69) is 19.2 Å². The van der Waals surface area contributed by atoms with Gasteiger partial charge in [-0.15, -0.1) is 0 Å². The third-order valence-corrected chi connectivity index (χ3v) is 4.89. The molecule has 1 heterocycles. The molecule has 1 amide bonds. The van der Waals surface area contributed by atoms with Gasteiger partial charge < -0.3 is 15.2 Å². The smallest absolute Gasteiger partial charge is 0.330 e. The molecule has 2 N–H and O–H groups in total. The Morgan fingerprint density at radius 2 is 2.23 bits per heavy atom. The molecule has 1 aliphatic rings. The van der Waals surface area contributed by atoms with E-state index < -0.39 is 17.4 Å². The lowest BCUT2D eigenvalue weighted by Gasteiger charge is -2.24. The maximum absolute atomic E-state index is 12.0. The summed E-state index contributed by atoms with van der Waals surface area (Å²) in [7, 11) is 0. The van der Waals surface area contributed by atoms with Crippen molar-refractivity contribution in [1.82, 2.24) is 5.32 Å². The van der Waals surface area contributed by atoms with Gasteiger partial charge in [0, 0.05) is 5.75 Å². The van der Waals surface area contributed by atoms with E-state index in [1.54, 1.807) is 6.07 Å². The Morgan fingerprint density at radius 1 is 1.45 bits per heavy atom. The molecular formula is C16H21NO4S. The second-order valence-electron chi connectivity index (χ2n) is 5.75. The van der Waals surface area contributed by atoms with E-state index in [1.807, 2.05) is 18.2 Å². The Hall–Kier alpha value is -1.69. The van der Waals surface area contributed by atoms with Crippen LogP contribution in [0.25, 0.3) is 0 Å². The monoisotopic (exact) mass is 323 g/mol. The van der Waals surface area contributed by atoms with Crippen LogP contribution in [-0.4, -0.2) is 40.6 Å². The van der Waals surface area contributed by atoms with E-state index in [-0.39, 0.29) is 6.61 Å². The van der Waals surface area contributed by atoms with Crippen molar-refractivity contribution in [2.75, 3.05) is 18.1 Å². The summed E-state index contributed by atoms with van der Waals surface area (Å²) in [5.41, 5.74) is -0.0163. The minimum absolute atomic E-state index is 0.179. The largest absolute Gasteiger partial charge is 0.484 e. The van der Waals surface area contributed by atoms with Gasteiger partial charge in [-0.2, -0.15) is 11.8 Å². The highest BCUT2D eigenvalue weighted by molar-refractivity contribution is 7.99. The van der Waals surface area contributed by atoms with Crippen molar-refractivity contribution in [1.29, 1.82) is 0 Å². The van der Waals surface area contributed by atoms with Crippen molar-refractivity contribution in [2.24, 2.45) is 0 Å². The number of amides is 1. The van der Waals surface area contributed by atoms with E-state index in [0.29, 0.717) is 23.8 Å². The Morgan fingerprint density at radius 3 is 2.82 bits per heavy atom. The van der Waals surface area contributed by atoms with E-state index in [4.69, 9.17) is 4.74 Å². The molecule has 5 nitrogen and oxygen atoms in total. The molecular weight excluding hydrogens is 302 g/mol. The fraction of sp³-hybridized carbons (Fsp3) is 0.500. The van der Waals surface area contributed by atoms with E-state index in [9.17, 15) is 14.7 Å². The third kappa shape index (κ3) is 3.94. The van der Waals surface area contributed by atoms with Gasteiger partial charge in [-0.25, -0.2) is 4.79 Å². The SMILES string of the molecule is CC(C)c1cccc(OCC(=O)NC2(C(=O)O)CCSC2)c1. The number of nitrogens with one attached hydrogen (secondary N) is 1. The summed E-state index contributed by atoms with van der Waals surface area (Å²) in [6, 6.07) is 7.58. The standard InChI is InChI=1S/C16H21NO4S/c1-11(2)12-4-3-5-13(8-12)21-9-14(18)17-16(15(19)20)6-7-22-10-16/h3-5,8,11H,6-7,9-10H2,1-2H3,(H,17,18)(H,19,20). The van der Waals surface area contributed by atoms with Crippen LogP contribution >= 0.6 is 11.8 Å². The number of carboxylic acid groups (broad SMARTS) is 1. The number of benzene rings is 1. The van der Waals surface area contributed by atoms with Crippen LogP contribution in [0.3, 0.4) is 0 Å². The molecule has 1 aromatic rings. The summed E-state index contributed by atoms with van der Waals surface area (Å²) in [6.07, 6.45) is 0.446. The number of hydrogen-bond acceptors (Lipinski definition) is 4. The van der Waals surface area contributed by atoms with Crippen LogP contribution in [0, 0.1) is 0 Å². The molecule has 1 saturated heterocycles. The quantitative estimate of drug-likeness (QED) is 0.840. The van der Waals surface area contributed by atoms with Gasteiger partial charge in [-0.05, 0) is 35.8 Å². The summed E-state index contributed by atoms with van der Waals surface area (Å²) >= 11 is 1.53. The number of hydrogen-bond donors (Lipinski definition) is 2.